The van der Waals surface area contributed by atoms with Crippen molar-refractivity contribution in [3.8, 4) is 0 Å². The lowest BCUT2D eigenvalue weighted by Crippen LogP contribution is -2.27. The van der Waals surface area contributed by atoms with Crippen LogP contribution in [0.15, 0.2) is 6.07 Å². The van der Waals surface area contributed by atoms with Crippen molar-refractivity contribution in [3.05, 3.63) is 11.8 Å². The molecule has 1 saturated carbocycles. The third-order valence-electron chi connectivity index (χ3n) is 2.60. The smallest absolute Gasteiger partial charge is 0.222 e. The van der Waals surface area contributed by atoms with E-state index in [2.05, 4.69) is 21.8 Å². The second-order valence-corrected chi connectivity index (χ2v) is 4.15. The molecular weight excluding hydrogens is 188 g/mol. The molecule has 2 N–H and O–H groups in total. The maximum absolute atomic E-state index is 5.67. The Morgan fingerprint density at radius 2 is 2.20 bits per heavy atom. The van der Waals surface area contributed by atoms with Crippen LogP contribution in [0.3, 0.4) is 0 Å². The van der Waals surface area contributed by atoms with Crippen LogP contribution in [-0.4, -0.2) is 22.6 Å². The van der Waals surface area contributed by atoms with Crippen molar-refractivity contribution < 1.29 is 0 Å². The van der Waals surface area contributed by atoms with E-state index in [1.165, 1.54) is 12.8 Å². The van der Waals surface area contributed by atoms with E-state index in [0.717, 1.165) is 24.5 Å². The highest BCUT2D eigenvalue weighted by molar-refractivity contribution is 5.45. The Bertz CT molecular complexity index is 326. The van der Waals surface area contributed by atoms with E-state index in [9.17, 15) is 0 Å². The second kappa shape index (κ2) is 4.04. The van der Waals surface area contributed by atoms with Gasteiger partial charge in [0.25, 0.3) is 0 Å². The molecule has 0 saturated heterocycles. The van der Waals surface area contributed by atoms with E-state index in [4.69, 9.17) is 5.73 Å². The number of rotatable bonds is 4. The highest BCUT2D eigenvalue weighted by Gasteiger charge is 2.29. The fraction of sp³-hybridized carbons (Fsp3) is 0.636. The minimum absolute atomic E-state index is 0.381. The average Bonchev–Trinajstić information content (AvgIpc) is 2.95. The van der Waals surface area contributed by atoms with Crippen LogP contribution in [0.25, 0.3) is 0 Å². The molecule has 15 heavy (non-hydrogen) atoms. The lowest BCUT2D eigenvalue weighted by Gasteiger charge is -2.23. The Morgan fingerprint density at radius 3 is 2.73 bits per heavy atom. The SMILES string of the molecule is CCCN(c1cc(C)nc(N)n1)C1CC1. The molecule has 1 fully saturated rings. The van der Waals surface area contributed by atoms with E-state index in [1.807, 2.05) is 13.0 Å². The predicted molar refractivity (Wildman–Crippen MR) is 61.8 cm³/mol. The number of nitrogen functional groups attached to an aromatic ring is 1. The van der Waals surface area contributed by atoms with Crippen LogP contribution >= 0.6 is 0 Å². The topological polar surface area (TPSA) is 55.0 Å². The Labute approximate surface area is 90.5 Å². The van der Waals surface area contributed by atoms with Crippen LogP contribution in [-0.2, 0) is 0 Å². The molecule has 0 amide bonds. The molecule has 1 heterocycles. The van der Waals surface area contributed by atoms with Crippen LogP contribution in [0.1, 0.15) is 31.9 Å². The van der Waals surface area contributed by atoms with Gasteiger partial charge in [-0.25, -0.2) is 4.98 Å². The van der Waals surface area contributed by atoms with E-state index in [0.29, 0.717) is 12.0 Å². The van der Waals surface area contributed by atoms with Crippen LogP contribution in [0.2, 0.25) is 0 Å². The normalized spacial score (nSPS) is 15.3. The summed E-state index contributed by atoms with van der Waals surface area (Å²) in [4.78, 5) is 10.8. The molecule has 1 aliphatic rings. The third-order valence-corrected chi connectivity index (χ3v) is 2.60. The van der Waals surface area contributed by atoms with Gasteiger partial charge in [-0.05, 0) is 26.2 Å². The zero-order valence-electron chi connectivity index (χ0n) is 9.40. The molecule has 0 radical (unpaired) electrons. The second-order valence-electron chi connectivity index (χ2n) is 4.15. The number of aromatic nitrogens is 2. The Balaban J connectivity index is 2.24. The summed E-state index contributed by atoms with van der Waals surface area (Å²) < 4.78 is 0. The summed E-state index contributed by atoms with van der Waals surface area (Å²) in [6.45, 7) is 5.20. The van der Waals surface area contributed by atoms with Crippen molar-refractivity contribution in [2.45, 2.75) is 39.2 Å². The van der Waals surface area contributed by atoms with Gasteiger partial charge in [-0.2, -0.15) is 4.98 Å². The van der Waals surface area contributed by atoms with Crippen molar-refractivity contribution in [2.75, 3.05) is 17.2 Å². The van der Waals surface area contributed by atoms with Gasteiger partial charge in [0.1, 0.15) is 5.82 Å². The molecule has 4 heteroatoms. The molecule has 0 aromatic carbocycles. The lowest BCUT2D eigenvalue weighted by atomic mass is 10.3. The number of nitrogens with two attached hydrogens (primary N) is 1. The standard InChI is InChI=1S/C11H18N4/c1-3-6-15(9-4-5-9)10-7-8(2)13-11(12)14-10/h7,9H,3-6H2,1-2H3,(H2,12,13,14). The fourth-order valence-corrected chi connectivity index (χ4v) is 1.83. The van der Waals surface area contributed by atoms with Gasteiger partial charge >= 0.3 is 0 Å². The van der Waals surface area contributed by atoms with Gasteiger partial charge in [0, 0.05) is 24.3 Å². The molecule has 1 aliphatic carbocycles. The van der Waals surface area contributed by atoms with Gasteiger partial charge in [0.2, 0.25) is 5.95 Å². The number of aryl methyl sites for hydroxylation is 1. The summed E-state index contributed by atoms with van der Waals surface area (Å²) >= 11 is 0. The largest absolute Gasteiger partial charge is 0.368 e. The van der Waals surface area contributed by atoms with Crippen molar-refractivity contribution in [2.24, 2.45) is 0 Å². The highest BCUT2D eigenvalue weighted by Crippen LogP contribution is 2.31. The Kier molecular flexibility index (Phi) is 2.75. The maximum atomic E-state index is 5.67. The number of nitrogens with zero attached hydrogens (tertiary/aromatic N) is 3. The summed E-state index contributed by atoms with van der Waals surface area (Å²) in [6, 6.07) is 2.70. The van der Waals surface area contributed by atoms with Crippen molar-refractivity contribution >= 4 is 11.8 Å². The van der Waals surface area contributed by atoms with Crippen LogP contribution < -0.4 is 10.6 Å². The van der Waals surface area contributed by atoms with Crippen LogP contribution in [0.5, 0.6) is 0 Å². The van der Waals surface area contributed by atoms with Crippen LogP contribution in [0.4, 0.5) is 11.8 Å². The Hall–Kier alpha value is -1.32. The summed E-state index contributed by atoms with van der Waals surface area (Å²) in [5, 5.41) is 0. The summed E-state index contributed by atoms with van der Waals surface area (Å²) in [5.41, 5.74) is 6.61. The first kappa shape index (κ1) is 10.2. The quantitative estimate of drug-likeness (QED) is 0.815. The number of hydrogen-bond donors (Lipinski definition) is 1. The Morgan fingerprint density at radius 1 is 1.47 bits per heavy atom. The van der Waals surface area contributed by atoms with Crippen LogP contribution in [0, 0.1) is 6.92 Å². The molecule has 82 valence electrons. The van der Waals surface area contributed by atoms with Gasteiger partial charge in [0.05, 0.1) is 0 Å². The number of anilines is 2. The third kappa shape index (κ3) is 2.37. The first-order chi connectivity index (χ1) is 7.20. The summed E-state index contributed by atoms with van der Waals surface area (Å²) in [6.07, 6.45) is 3.70. The fourth-order valence-electron chi connectivity index (χ4n) is 1.83. The average molecular weight is 206 g/mol. The van der Waals surface area contributed by atoms with Gasteiger partial charge in [-0.15, -0.1) is 0 Å². The molecule has 0 bridgehead atoms. The van der Waals surface area contributed by atoms with Crippen molar-refractivity contribution in [3.63, 3.8) is 0 Å². The van der Waals surface area contributed by atoms with E-state index in [-0.39, 0.29) is 0 Å². The van der Waals surface area contributed by atoms with Gasteiger partial charge in [-0.1, -0.05) is 6.92 Å². The zero-order valence-corrected chi connectivity index (χ0v) is 9.40. The lowest BCUT2D eigenvalue weighted by molar-refractivity contribution is 0.748. The van der Waals surface area contributed by atoms with E-state index < -0.39 is 0 Å². The molecule has 1 aromatic rings. The molecule has 0 unspecified atom stereocenters. The van der Waals surface area contributed by atoms with E-state index >= 15 is 0 Å². The molecule has 0 aliphatic heterocycles. The minimum Gasteiger partial charge on any atom is -0.368 e. The molecule has 0 atom stereocenters. The predicted octanol–water partition coefficient (Wildman–Crippen LogP) is 1.75. The van der Waals surface area contributed by atoms with Gasteiger partial charge in [-0.3, -0.25) is 0 Å². The molecule has 2 rings (SSSR count). The van der Waals surface area contributed by atoms with Crippen molar-refractivity contribution in [1.82, 2.24) is 9.97 Å². The van der Waals surface area contributed by atoms with E-state index in [1.54, 1.807) is 0 Å². The summed E-state index contributed by atoms with van der Waals surface area (Å²) in [7, 11) is 0. The van der Waals surface area contributed by atoms with Crippen molar-refractivity contribution in [1.29, 1.82) is 0 Å². The van der Waals surface area contributed by atoms with Gasteiger partial charge < -0.3 is 10.6 Å². The molecule has 0 spiro atoms. The molecule has 1 aromatic heterocycles. The highest BCUT2D eigenvalue weighted by atomic mass is 15.2. The molecule has 4 nitrogen and oxygen atoms in total. The monoisotopic (exact) mass is 206 g/mol. The molecular formula is C11H18N4. The first-order valence-corrected chi connectivity index (χ1v) is 5.58. The van der Waals surface area contributed by atoms with Gasteiger partial charge in [0.15, 0.2) is 0 Å². The minimum atomic E-state index is 0.381. The summed E-state index contributed by atoms with van der Waals surface area (Å²) in [5.74, 6) is 1.37. The zero-order chi connectivity index (χ0) is 10.8. The maximum Gasteiger partial charge on any atom is 0.222 e. The number of hydrogen-bond acceptors (Lipinski definition) is 4. The first-order valence-electron chi connectivity index (χ1n) is 5.58.